The van der Waals surface area contributed by atoms with Crippen LogP contribution in [0.15, 0.2) is 60.7 Å². The van der Waals surface area contributed by atoms with Crippen LogP contribution in [-0.2, 0) is 20.1 Å². The molecule has 7 nitrogen and oxygen atoms in total. The third kappa shape index (κ3) is 3.16. The zero-order valence-electron chi connectivity index (χ0n) is 16.4. The van der Waals surface area contributed by atoms with Crippen molar-refractivity contribution in [3.63, 3.8) is 0 Å². The van der Waals surface area contributed by atoms with Crippen LogP contribution in [0.25, 0.3) is 22.8 Å². The SMILES string of the molecule is Cn1nc(-c2nnc3n2CCN(C(=O)c2ccc(F)cc2)C3)cc1-c1ccccc1. The smallest absolute Gasteiger partial charge is 0.254 e. The second kappa shape index (κ2) is 7.22. The van der Waals surface area contributed by atoms with Gasteiger partial charge in [-0.05, 0) is 35.9 Å². The summed E-state index contributed by atoms with van der Waals surface area (Å²) in [6.07, 6.45) is 0. The van der Waals surface area contributed by atoms with Crippen molar-refractivity contribution in [3.8, 4) is 22.8 Å². The molecular weight excluding hydrogens is 383 g/mol. The summed E-state index contributed by atoms with van der Waals surface area (Å²) < 4.78 is 17.0. The topological polar surface area (TPSA) is 68.8 Å². The van der Waals surface area contributed by atoms with Gasteiger partial charge in [-0.2, -0.15) is 5.10 Å². The number of rotatable bonds is 3. The second-order valence-corrected chi connectivity index (χ2v) is 7.23. The Labute approximate surface area is 172 Å². The van der Waals surface area contributed by atoms with E-state index in [1.807, 2.05) is 52.7 Å². The van der Waals surface area contributed by atoms with E-state index in [9.17, 15) is 9.18 Å². The van der Waals surface area contributed by atoms with E-state index in [-0.39, 0.29) is 11.7 Å². The van der Waals surface area contributed by atoms with Gasteiger partial charge in [-0.25, -0.2) is 4.39 Å². The molecule has 0 atom stereocenters. The molecule has 30 heavy (non-hydrogen) atoms. The zero-order chi connectivity index (χ0) is 20.7. The first-order valence-electron chi connectivity index (χ1n) is 9.67. The number of nitrogens with zero attached hydrogens (tertiary/aromatic N) is 6. The lowest BCUT2D eigenvalue weighted by Crippen LogP contribution is -2.38. The van der Waals surface area contributed by atoms with Gasteiger partial charge in [-0.1, -0.05) is 30.3 Å². The summed E-state index contributed by atoms with van der Waals surface area (Å²) in [5.74, 6) is 0.894. The Balaban J connectivity index is 1.41. The molecule has 3 heterocycles. The molecule has 0 aliphatic carbocycles. The van der Waals surface area contributed by atoms with Crippen molar-refractivity contribution in [2.45, 2.75) is 13.1 Å². The number of hydrogen-bond donors (Lipinski definition) is 0. The van der Waals surface area contributed by atoms with Crippen LogP contribution in [0.2, 0.25) is 0 Å². The Hall–Kier alpha value is -3.81. The van der Waals surface area contributed by atoms with Crippen LogP contribution in [0.4, 0.5) is 4.39 Å². The molecule has 1 aliphatic rings. The molecule has 0 saturated carbocycles. The van der Waals surface area contributed by atoms with Crippen LogP contribution in [-0.4, -0.2) is 41.9 Å². The van der Waals surface area contributed by atoms with Gasteiger partial charge in [-0.3, -0.25) is 9.48 Å². The molecule has 4 aromatic rings. The first-order chi connectivity index (χ1) is 14.6. The number of carbonyl (C=O) groups is 1. The molecule has 0 spiro atoms. The van der Waals surface area contributed by atoms with Crippen LogP contribution in [0.1, 0.15) is 16.2 Å². The fourth-order valence-electron chi connectivity index (χ4n) is 3.75. The highest BCUT2D eigenvalue weighted by Gasteiger charge is 2.26. The molecule has 1 aliphatic heterocycles. The summed E-state index contributed by atoms with van der Waals surface area (Å²) in [6, 6.07) is 17.6. The van der Waals surface area contributed by atoms with Crippen LogP contribution in [0.5, 0.6) is 0 Å². The number of fused-ring (bicyclic) bond motifs is 1. The molecule has 8 heteroatoms. The highest BCUT2D eigenvalue weighted by Crippen LogP contribution is 2.26. The van der Waals surface area contributed by atoms with E-state index in [1.54, 1.807) is 4.90 Å². The summed E-state index contributed by atoms with van der Waals surface area (Å²) in [5, 5.41) is 13.3. The molecule has 0 radical (unpaired) electrons. The summed E-state index contributed by atoms with van der Waals surface area (Å²) in [7, 11) is 1.91. The van der Waals surface area contributed by atoms with Crippen molar-refractivity contribution >= 4 is 5.91 Å². The fraction of sp³-hybridized carbons (Fsp3) is 0.182. The maximum absolute atomic E-state index is 13.1. The quantitative estimate of drug-likeness (QED) is 0.528. The molecule has 2 aromatic carbocycles. The predicted octanol–water partition coefficient (Wildman–Crippen LogP) is 3.14. The van der Waals surface area contributed by atoms with Gasteiger partial charge in [0.2, 0.25) is 0 Å². The maximum atomic E-state index is 13.1. The second-order valence-electron chi connectivity index (χ2n) is 7.23. The van der Waals surface area contributed by atoms with Crippen LogP contribution >= 0.6 is 0 Å². The van der Waals surface area contributed by atoms with E-state index in [0.717, 1.165) is 17.0 Å². The molecule has 0 saturated heterocycles. The largest absolute Gasteiger partial charge is 0.329 e. The van der Waals surface area contributed by atoms with Crippen LogP contribution in [0.3, 0.4) is 0 Å². The Morgan fingerprint density at radius 2 is 1.77 bits per heavy atom. The molecule has 0 N–H and O–H groups in total. The molecule has 2 aromatic heterocycles. The van der Waals surface area contributed by atoms with Crippen molar-refractivity contribution < 1.29 is 9.18 Å². The molecule has 0 bridgehead atoms. The minimum atomic E-state index is -0.361. The maximum Gasteiger partial charge on any atom is 0.254 e. The lowest BCUT2D eigenvalue weighted by molar-refractivity contribution is 0.0708. The minimum absolute atomic E-state index is 0.144. The van der Waals surface area contributed by atoms with Gasteiger partial charge < -0.3 is 9.47 Å². The van der Waals surface area contributed by atoms with E-state index in [2.05, 4.69) is 15.3 Å². The number of benzene rings is 2. The zero-order valence-corrected chi connectivity index (χ0v) is 16.4. The predicted molar refractivity (Wildman–Crippen MR) is 109 cm³/mol. The number of carbonyl (C=O) groups excluding carboxylic acids is 1. The van der Waals surface area contributed by atoms with E-state index in [4.69, 9.17) is 0 Å². The van der Waals surface area contributed by atoms with Gasteiger partial charge in [0.05, 0.1) is 12.2 Å². The van der Waals surface area contributed by atoms with Gasteiger partial charge >= 0.3 is 0 Å². The highest BCUT2D eigenvalue weighted by atomic mass is 19.1. The van der Waals surface area contributed by atoms with Crippen molar-refractivity contribution in [3.05, 3.63) is 77.9 Å². The first-order valence-corrected chi connectivity index (χ1v) is 9.67. The van der Waals surface area contributed by atoms with Crippen molar-refractivity contribution in [1.29, 1.82) is 0 Å². The molecule has 150 valence electrons. The third-order valence-corrected chi connectivity index (χ3v) is 5.31. The van der Waals surface area contributed by atoms with E-state index >= 15 is 0 Å². The number of amides is 1. The Kier molecular flexibility index (Phi) is 4.39. The normalized spacial score (nSPS) is 13.3. The van der Waals surface area contributed by atoms with Gasteiger partial charge in [0.15, 0.2) is 11.6 Å². The van der Waals surface area contributed by atoms with Crippen molar-refractivity contribution in [2.75, 3.05) is 6.54 Å². The van der Waals surface area contributed by atoms with E-state index < -0.39 is 0 Å². The minimum Gasteiger partial charge on any atom is -0.329 e. The average molecular weight is 402 g/mol. The lowest BCUT2D eigenvalue weighted by atomic mass is 10.1. The van der Waals surface area contributed by atoms with E-state index in [0.29, 0.717) is 36.8 Å². The lowest BCUT2D eigenvalue weighted by Gasteiger charge is -2.27. The molecule has 5 rings (SSSR count). The van der Waals surface area contributed by atoms with Gasteiger partial charge in [0.1, 0.15) is 11.5 Å². The Bertz CT molecular complexity index is 1210. The summed E-state index contributed by atoms with van der Waals surface area (Å²) in [4.78, 5) is 14.4. The summed E-state index contributed by atoms with van der Waals surface area (Å²) in [5.41, 5.74) is 3.27. The standard InChI is InChI=1S/C22H19FN6O/c1-27-19(15-5-3-2-4-6-15)13-18(26-27)21-25-24-20-14-28(11-12-29(20)21)22(30)16-7-9-17(23)10-8-16/h2-10,13H,11-12,14H2,1H3. The number of halogens is 1. The van der Waals surface area contributed by atoms with Gasteiger partial charge in [0, 0.05) is 25.7 Å². The number of hydrogen-bond acceptors (Lipinski definition) is 4. The monoisotopic (exact) mass is 402 g/mol. The first kappa shape index (κ1) is 18.2. The molecule has 0 fully saturated rings. The Morgan fingerprint density at radius 1 is 1.00 bits per heavy atom. The van der Waals surface area contributed by atoms with E-state index in [1.165, 1.54) is 24.3 Å². The molecular formula is C22H19FN6O. The summed E-state index contributed by atoms with van der Waals surface area (Å²) in [6.45, 7) is 1.44. The Morgan fingerprint density at radius 3 is 2.53 bits per heavy atom. The van der Waals surface area contributed by atoms with Crippen molar-refractivity contribution in [1.82, 2.24) is 29.4 Å². The molecule has 1 amide bonds. The highest BCUT2D eigenvalue weighted by molar-refractivity contribution is 5.94. The van der Waals surface area contributed by atoms with Gasteiger partial charge in [0.25, 0.3) is 5.91 Å². The van der Waals surface area contributed by atoms with Crippen LogP contribution in [0, 0.1) is 5.82 Å². The summed E-state index contributed by atoms with van der Waals surface area (Å²) >= 11 is 0. The van der Waals surface area contributed by atoms with Crippen molar-refractivity contribution in [2.24, 2.45) is 7.05 Å². The number of aryl methyl sites for hydroxylation is 1. The number of aromatic nitrogens is 5. The van der Waals surface area contributed by atoms with Gasteiger partial charge in [-0.15, -0.1) is 10.2 Å². The van der Waals surface area contributed by atoms with Crippen LogP contribution < -0.4 is 0 Å². The molecule has 0 unspecified atom stereocenters. The third-order valence-electron chi connectivity index (χ3n) is 5.31. The average Bonchev–Trinajstić information content (AvgIpc) is 3.37. The fourth-order valence-corrected chi connectivity index (χ4v) is 3.75.